The Bertz CT molecular complexity index is 1190. The first-order valence-electron chi connectivity index (χ1n) is 10.4. The Balaban J connectivity index is 1.68. The van der Waals surface area contributed by atoms with Crippen molar-refractivity contribution in [3.63, 3.8) is 0 Å². The summed E-state index contributed by atoms with van der Waals surface area (Å²) in [6.45, 7) is 5.97. The van der Waals surface area contributed by atoms with Crippen LogP contribution in [0.3, 0.4) is 0 Å². The number of aliphatic hydroxyl groups excluding tert-OH is 1. The van der Waals surface area contributed by atoms with Gasteiger partial charge in [-0.3, -0.25) is 4.99 Å². The molecule has 1 aliphatic rings. The molecule has 2 aromatic rings. The summed E-state index contributed by atoms with van der Waals surface area (Å²) in [5.74, 6) is 0.382. The topological polar surface area (TPSA) is 78.1 Å². The lowest BCUT2D eigenvalue weighted by atomic mass is 10.0. The van der Waals surface area contributed by atoms with Gasteiger partial charge in [-0.2, -0.15) is 13.2 Å². The molecule has 2 heterocycles. The van der Waals surface area contributed by atoms with E-state index in [9.17, 15) is 23.1 Å². The lowest BCUT2D eigenvalue weighted by Gasteiger charge is -2.27. The van der Waals surface area contributed by atoms with E-state index in [0.29, 0.717) is 30.0 Å². The van der Waals surface area contributed by atoms with Gasteiger partial charge in [-0.05, 0) is 54.8 Å². The number of furan rings is 1. The fourth-order valence-electron chi connectivity index (χ4n) is 3.33. The van der Waals surface area contributed by atoms with Gasteiger partial charge in [0.2, 0.25) is 0 Å². The summed E-state index contributed by atoms with van der Waals surface area (Å²) < 4.78 is 43.8. The minimum absolute atomic E-state index is 0.148. The van der Waals surface area contributed by atoms with Gasteiger partial charge in [-0.15, -0.1) is 0 Å². The maximum absolute atomic E-state index is 12.9. The first-order valence-corrected chi connectivity index (χ1v) is 11.2. The van der Waals surface area contributed by atoms with E-state index in [1.54, 1.807) is 25.1 Å². The van der Waals surface area contributed by atoms with Gasteiger partial charge in [0.1, 0.15) is 11.9 Å². The molecule has 0 spiro atoms. The molecule has 1 aromatic heterocycles. The van der Waals surface area contributed by atoms with Crippen LogP contribution in [0.1, 0.15) is 30.8 Å². The van der Waals surface area contributed by atoms with Gasteiger partial charge in [-0.25, -0.2) is 4.79 Å². The molecule has 1 atom stereocenters. The first kappa shape index (κ1) is 26.6. The van der Waals surface area contributed by atoms with E-state index < -0.39 is 28.9 Å². The molecule has 0 aliphatic carbocycles. The van der Waals surface area contributed by atoms with Crippen LogP contribution in [0.15, 0.2) is 81.0 Å². The number of allylic oxidation sites excluding steroid dienone is 1. The number of nitrogens with zero attached hydrogens (tertiary/aromatic N) is 2. The van der Waals surface area contributed by atoms with Crippen molar-refractivity contribution in [2.75, 3.05) is 18.4 Å². The average molecular weight is 528 g/mol. The van der Waals surface area contributed by atoms with Crippen molar-refractivity contribution in [2.45, 2.75) is 25.6 Å². The van der Waals surface area contributed by atoms with Crippen molar-refractivity contribution in [1.29, 1.82) is 0 Å². The fourth-order valence-corrected chi connectivity index (χ4v) is 3.79. The van der Waals surface area contributed by atoms with Gasteiger partial charge in [0.25, 0.3) is 0 Å². The molecule has 3 rings (SSSR count). The number of hydrogen-bond donors (Lipinski definition) is 2. The molecule has 0 saturated carbocycles. The van der Waals surface area contributed by atoms with Crippen molar-refractivity contribution in [2.24, 2.45) is 4.99 Å². The second kappa shape index (κ2) is 11.2. The summed E-state index contributed by atoms with van der Waals surface area (Å²) in [5.41, 5.74) is 0.894. The molecule has 0 saturated heterocycles. The summed E-state index contributed by atoms with van der Waals surface area (Å²) in [6.07, 6.45) is -0.423. The lowest BCUT2D eigenvalue weighted by molar-refractivity contribution is -0.137. The van der Waals surface area contributed by atoms with Gasteiger partial charge in [0, 0.05) is 25.0 Å². The molecule has 0 radical (unpaired) electrons. The number of carbonyl (C=O) groups is 1. The zero-order chi connectivity index (χ0) is 25.8. The molecule has 2 amide bonds. The number of aliphatic hydroxyl groups is 1. The van der Waals surface area contributed by atoms with Crippen molar-refractivity contribution in [1.82, 2.24) is 4.90 Å². The van der Waals surface area contributed by atoms with Gasteiger partial charge in [0.15, 0.2) is 0 Å². The molecule has 1 aliphatic heterocycles. The fraction of sp³-hybridized carbons (Fsp3) is 0.250. The molecule has 6 nitrogen and oxygen atoms in total. The maximum atomic E-state index is 12.9. The second-order valence-electron chi connectivity index (χ2n) is 7.72. The minimum Gasteiger partial charge on any atom is -0.466 e. The normalized spacial score (nSPS) is 16.1. The first-order chi connectivity index (χ1) is 16.5. The molecule has 1 aromatic carbocycles. The van der Waals surface area contributed by atoms with E-state index in [1.807, 2.05) is 0 Å². The Morgan fingerprint density at radius 3 is 2.66 bits per heavy atom. The monoisotopic (exact) mass is 527 g/mol. The highest BCUT2D eigenvalue weighted by atomic mass is 35.5. The van der Waals surface area contributed by atoms with Crippen LogP contribution in [0, 0.1) is 0 Å². The zero-order valence-corrected chi connectivity index (χ0v) is 20.1. The third kappa shape index (κ3) is 6.78. The Labute approximate surface area is 210 Å². The molecular formula is C24H22Cl2F3N3O3. The predicted molar refractivity (Wildman–Crippen MR) is 130 cm³/mol. The molecule has 0 bridgehead atoms. The summed E-state index contributed by atoms with van der Waals surface area (Å²) >= 11 is 11.9. The highest BCUT2D eigenvalue weighted by Crippen LogP contribution is 2.36. The average Bonchev–Trinajstić information content (AvgIpc) is 3.33. The van der Waals surface area contributed by atoms with Crippen molar-refractivity contribution < 1.29 is 27.5 Å². The quantitative estimate of drug-likeness (QED) is 0.399. The number of rotatable bonds is 6. The highest BCUT2D eigenvalue weighted by molar-refractivity contribution is 6.46. The second-order valence-corrected chi connectivity index (χ2v) is 8.59. The van der Waals surface area contributed by atoms with Crippen molar-refractivity contribution in [3.05, 3.63) is 88.0 Å². The Morgan fingerprint density at radius 2 is 2.11 bits per heavy atom. The number of amides is 2. The maximum Gasteiger partial charge on any atom is 0.417 e. The van der Waals surface area contributed by atoms with Crippen LogP contribution in [0.5, 0.6) is 0 Å². The van der Waals surface area contributed by atoms with Crippen LogP contribution in [-0.4, -0.2) is 34.8 Å². The Hall–Kier alpha value is -3.01. The third-order valence-electron chi connectivity index (χ3n) is 5.22. The van der Waals surface area contributed by atoms with Crippen LogP contribution in [0.2, 0.25) is 5.02 Å². The number of urea groups is 1. The number of halogens is 5. The van der Waals surface area contributed by atoms with E-state index in [-0.39, 0.29) is 17.3 Å². The molecule has 186 valence electrons. The van der Waals surface area contributed by atoms with Crippen LogP contribution in [0.4, 0.5) is 23.7 Å². The largest absolute Gasteiger partial charge is 0.466 e. The van der Waals surface area contributed by atoms with E-state index in [2.05, 4.69) is 16.9 Å². The van der Waals surface area contributed by atoms with Crippen LogP contribution >= 0.6 is 23.2 Å². The smallest absolute Gasteiger partial charge is 0.417 e. The number of aliphatic imine (C=N–C) groups is 1. The highest BCUT2D eigenvalue weighted by Gasteiger charge is 2.33. The van der Waals surface area contributed by atoms with Crippen molar-refractivity contribution >= 4 is 40.6 Å². The number of benzene rings is 1. The van der Waals surface area contributed by atoms with Crippen LogP contribution in [-0.2, 0) is 6.18 Å². The molecule has 11 heteroatoms. The van der Waals surface area contributed by atoms with Crippen molar-refractivity contribution in [3.8, 4) is 0 Å². The van der Waals surface area contributed by atoms with E-state index >= 15 is 0 Å². The molecule has 0 fully saturated rings. The van der Waals surface area contributed by atoms with Crippen LogP contribution in [0.25, 0.3) is 0 Å². The summed E-state index contributed by atoms with van der Waals surface area (Å²) in [7, 11) is 0. The zero-order valence-electron chi connectivity index (χ0n) is 18.6. The minimum atomic E-state index is -4.58. The predicted octanol–water partition coefficient (Wildman–Crippen LogP) is 6.95. The molecule has 1 unspecified atom stereocenters. The van der Waals surface area contributed by atoms with E-state index in [4.69, 9.17) is 27.6 Å². The van der Waals surface area contributed by atoms with Gasteiger partial charge in [-0.1, -0.05) is 35.9 Å². The Kier molecular flexibility index (Phi) is 8.47. The van der Waals surface area contributed by atoms with E-state index in [0.717, 1.165) is 23.8 Å². The lowest BCUT2D eigenvalue weighted by Crippen LogP contribution is -2.38. The molecule has 35 heavy (non-hydrogen) atoms. The van der Waals surface area contributed by atoms with Gasteiger partial charge in [0.05, 0.1) is 27.6 Å². The van der Waals surface area contributed by atoms with Gasteiger partial charge < -0.3 is 19.7 Å². The summed E-state index contributed by atoms with van der Waals surface area (Å²) in [6, 6.07) is 5.85. The summed E-state index contributed by atoms with van der Waals surface area (Å²) in [4.78, 5) is 18.4. The molecular weight excluding hydrogens is 506 g/mol. The SMILES string of the molecule is C=C(Cl)C(=N/C=C(\C)C(O)c1ccco1)C1=CCN(C(=O)Nc2ccc(C(F)(F)F)c(Cl)c2)CC1. The number of anilines is 1. The number of alkyl halides is 3. The van der Waals surface area contributed by atoms with Gasteiger partial charge >= 0.3 is 12.2 Å². The third-order valence-corrected chi connectivity index (χ3v) is 5.72. The van der Waals surface area contributed by atoms with Crippen LogP contribution < -0.4 is 5.32 Å². The number of hydrogen-bond acceptors (Lipinski definition) is 4. The molecule has 2 N–H and O–H groups in total. The summed E-state index contributed by atoms with van der Waals surface area (Å²) in [5, 5.41) is 12.6. The standard InChI is InChI=1S/C24H22Cl2F3N3O3/c1-14(22(33)20-4-3-11-35-20)13-30-21(15(2)25)16-7-9-32(10-8-16)23(34)31-17-5-6-18(19(26)12-17)24(27,28)29/h3-7,11-13,22,33H,2,8-10H2,1H3,(H,31,34)/b14-13+,30-21?. The van der Waals surface area contributed by atoms with E-state index in [1.165, 1.54) is 17.4 Å². The number of carbonyl (C=O) groups excluding carboxylic acids is 1. The Morgan fingerprint density at radius 1 is 1.37 bits per heavy atom. The number of nitrogens with one attached hydrogen (secondary N) is 1.